The summed E-state index contributed by atoms with van der Waals surface area (Å²) in [6.07, 6.45) is 0. The number of hydrogen-bond donors (Lipinski definition) is 0. The quantitative estimate of drug-likeness (QED) is 0.171. The van der Waals surface area contributed by atoms with Gasteiger partial charge in [0.15, 0.2) is 17.5 Å². The first-order valence-corrected chi connectivity index (χ1v) is 19.8. The van der Waals surface area contributed by atoms with Gasteiger partial charge in [0.25, 0.3) is 0 Å². The lowest BCUT2D eigenvalue weighted by Crippen LogP contribution is -2.28. The second-order valence-electron chi connectivity index (χ2n) is 14.3. The topological polar surface area (TPSA) is 38.7 Å². The van der Waals surface area contributed by atoms with Crippen LogP contribution in [0.15, 0.2) is 200 Å². The summed E-state index contributed by atoms with van der Waals surface area (Å²) in [5, 5.41) is 2.49. The summed E-state index contributed by atoms with van der Waals surface area (Å²) < 4.78 is 2.51. The lowest BCUT2D eigenvalue weighted by molar-refractivity contribution is 0.770. The van der Waals surface area contributed by atoms with Crippen molar-refractivity contribution in [2.75, 3.05) is 0 Å². The SMILES string of the molecule is c1ccc(-c2nc(-c3ccccc3)nc(-c3ccccc3-c3cccc4sc5cc(C6(c7ccccc7)c7ccccc7-c7ccccc76)ccc5c34)n2)cc1. The molecule has 2 heterocycles. The molecule has 56 heavy (non-hydrogen) atoms. The molecule has 262 valence electrons. The number of thiophene rings is 1. The van der Waals surface area contributed by atoms with Crippen LogP contribution in [-0.4, -0.2) is 15.0 Å². The van der Waals surface area contributed by atoms with Crippen molar-refractivity contribution in [1.82, 2.24) is 15.0 Å². The van der Waals surface area contributed by atoms with Gasteiger partial charge in [-0.2, -0.15) is 0 Å². The third-order valence-corrected chi connectivity index (χ3v) is 12.4. The Bertz CT molecular complexity index is 2980. The molecule has 0 atom stereocenters. The summed E-state index contributed by atoms with van der Waals surface area (Å²) in [7, 11) is 0. The molecule has 0 unspecified atom stereocenters. The molecule has 11 rings (SSSR count). The molecule has 0 N–H and O–H groups in total. The Morgan fingerprint density at radius 1 is 0.339 bits per heavy atom. The van der Waals surface area contributed by atoms with Crippen molar-refractivity contribution < 1.29 is 0 Å². The van der Waals surface area contributed by atoms with Crippen molar-refractivity contribution in [3.63, 3.8) is 0 Å². The molecule has 0 spiro atoms. The Kier molecular flexibility index (Phi) is 7.58. The minimum atomic E-state index is -0.445. The van der Waals surface area contributed by atoms with Gasteiger partial charge in [-0.1, -0.05) is 188 Å². The van der Waals surface area contributed by atoms with Crippen LogP contribution in [0, 0.1) is 0 Å². The van der Waals surface area contributed by atoms with Crippen molar-refractivity contribution in [2.24, 2.45) is 0 Å². The van der Waals surface area contributed by atoms with Crippen LogP contribution in [0.5, 0.6) is 0 Å². The van der Waals surface area contributed by atoms with Crippen LogP contribution >= 0.6 is 11.3 Å². The summed E-state index contributed by atoms with van der Waals surface area (Å²) in [6, 6.07) is 71.6. The van der Waals surface area contributed by atoms with Crippen LogP contribution in [-0.2, 0) is 5.41 Å². The average molecular weight is 732 g/mol. The molecule has 0 saturated carbocycles. The molecule has 3 nitrogen and oxygen atoms in total. The van der Waals surface area contributed by atoms with E-state index >= 15 is 0 Å². The van der Waals surface area contributed by atoms with Gasteiger partial charge in [-0.15, -0.1) is 11.3 Å². The van der Waals surface area contributed by atoms with E-state index in [2.05, 4.69) is 164 Å². The van der Waals surface area contributed by atoms with Crippen molar-refractivity contribution in [2.45, 2.75) is 5.41 Å². The number of rotatable bonds is 6. The second-order valence-corrected chi connectivity index (χ2v) is 15.4. The third-order valence-electron chi connectivity index (χ3n) is 11.2. The van der Waals surface area contributed by atoms with Gasteiger partial charge in [0.2, 0.25) is 0 Å². The molecule has 0 radical (unpaired) electrons. The largest absolute Gasteiger partial charge is 0.208 e. The van der Waals surface area contributed by atoms with E-state index in [4.69, 9.17) is 15.0 Å². The summed E-state index contributed by atoms with van der Waals surface area (Å²) in [5.74, 6) is 1.95. The van der Waals surface area contributed by atoms with Crippen LogP contribution in [0.25, 0.3) is 76.6 Å². The van der Waals surface area contributed by atoms with E-state index in [1.54, 1.807) is 0 Å². The Morgan fingerprint density at radius 3 is 1.46 bits per heavy atom. The Balaban J connectivity index is 1.12. The van der Waals surface area contributed by atoms with Crippen molar-refractivity contribution in [3.8, 4) is 56.4 Å². The van der Waals surface area contributed by atoms with Crippen molar-refractivity contribution in [1.29, 1.82) is 0 Å². The molecule has 0 bridgehead atoms. The molecule has 0 amide bonds. The van der Waals surface area contributed by atoms with E-state index in [9.17, 15) is 0 Å². The van der Waals surface area contributed by atoms with Crippen LogP contribution in [0.1, 0.15) is 22.3 Å². The summed E-state index contributed by atoms with van der Waals surface area (Å²) in [6.45, 7) is 0. The maximum Gasteiger partial charge on any atom is 0.164 e. The molecule has 0 aliphatic heterocycles. The molecule has 1 aliphatic carbocycles. The molecule has 4 heteroatoms. The highest BCUT2D eigenvalue weighted by molar-refractivity contribution is 7.26. The van der Waals surface area contributed by atoms with Crippen molar-refractivity contribution >= 4 is 31.5 Å². The van der Waals surface area contributed by atoms with E-state index in [1.165, 1.54) is 53.6 Å². The maximum atomic E-state index is 5.12. The summed E-state index contributed by atoms with van der Waals surface area (Å²) >= 11 is 1.86. The zero-order chi connectivity index (χ0) is 37.1. The fourth-order valence-corrected chi connectivity index (χ4v) is 10.0. The zero-order valence-electron chi connectivity index (χ0n) is 30.3. The number of fused-ring (bicyclic) bond motifs is 6. The standard InChI is InChI=1S/C52H33N3S/c1-4-17-34(18-5-1)49-53-50(35-19-6-2-7-20-35)55-51(54-49)42-26-11-10-23-38(42)41-27-16-30-46-48(41)43-32-31-37(33-47(43)56-46)52(36-21-8-3-9-22-36)44-28-14-12-24-39(44)40-25-13-15-29-45(40)52/h1-33H. The fraction of sp³-hybridized carbons (Fsp3) is 0.0192. The fourth-order valence-electron chi connectivity index (χ4n) is 8.84. The van der Waals surface area contributed by atoms with E-state index < -0.39 is 5.41 Å². The van der Waals surface area contributed by atoms with Gasteiger partial charge < -0.3 is 0 Å². The molecule has 0 saturated heterocycles. The Labute approximate surface area is 329 Å². The molecule has 8 aromatic carbocycles. The molecule has 1 aliphatic rings. The molecular weight excluding hydrogens is 699 g/mol. The molecule has 2 aromatic heterocycles. The monoisotopic (exact) mass is 731 g/mol. The normalized spacial score (nSPS) is 12.8. The number of hydrogen-bond acceptors (Lipinski definition) is 4. The second kappa shape index (κ2) is 13.1. The molecule has 0 fully saturated rings. The van der Waals surface area contributed by atoms with Crippen LogP contribution in [0.2, 0.25) is 0 Å². The van der Waals surface area contributed by atoms with Crippen molar-refractivity contribution in [3.05, 3.63) is 222 Å². The minimum Gasteiger partial charge on any atom is -0.208 e. The third kappa shape index (κ3) is 5.00. The first-order chi connectivity index (χ1) is 27.8. The lowest BCUT2D eigenvalue weighted by Gasteiger charge is -2.33. The van der Waals surface area contributed by atoms with Gasteiger partial charge in [-0.3, -0.25) is 0 Å². The van der Waals surface area contributed by atoms with E-state index in [0.717, 1.165) is 27.8 Å². The highest BCUT2D eigenvalue weighted by Gasteiger charge is 2.46. The average Bonchev–Trinajstić information content (AvgIpc) is 3.81. The van der Waals surface area contributed by atoms with Crippen LogP contribution in [0.3, 0.4) is 0 Å². The Morgan fingerprint density at radius 2 is 0.839 bits per heavy atom. The minimum absolute atomic E-state index is 0.445. The smallest absolute Gasteiger partial charge is 0.164 e. The summed E-state index contributed by atoms with van der Waals surface area (Å²) in [4.78, 5) is 15.2. The number of nitrogens with zero attached hydrogens (tertiary/aromatic N) is 3. The van der Waals surface area contributed by atoms with Crippen LogP contribution < -0.4 is 0 Å². The predicted molar refractivity (Wildman–Crippen MR) is 232 cm³/mol. The highest BCUT2D eigenvalue weighted by Crippen LogP contribution is 2.57. The molecule has 10 aromatic rings. The maximum absolute atomic E-state index is 5.12. The first-order valence-electron chi connectivity index (χ1n) is 18.9. The molecular formula is C52H33N3S. The zero-order valence-corrected chi connectivity index (χ0v) is 31.1. The predicted octanol–water partition coefficient (Wildman–Crippen LogP) is 13.3. The summed E-state index contributed by atoms with van der Waals surface area (Å²) in [5.41, 5.74) is 12.5. The van der Waals surface area contributed by atoms with Gasteiger partial charge in [0.1, 0.15) is 0 Å². The van der Waals surface area contributed by atoms with Gasteiger partial charge in [-0.25, -0.2) is 15.0 Å². The van der Waals surface area contributed by atoms with Gasteiger partial charge in [0.05, 0.1) is 5.41 Å². The first kappa shape index (κ1) is 32.4. The van der Waals surface area contributed by atoms with Gasteiger partial charge >= 0.3 is 0 Å². The number of benzene rings is 8. The lowest BCUT2D eigenvalue weighted by atomic mass is 9.67. The van der Waals surface area contributed by atoms with E-state index in [0.29, 0.717) is 17.5 Å². The van der Waals surface area contributed by atoms with E-state index in [-0.39, 0.29) is 0 Å². The highest BCUT2D eigenvalue weighted by atomic mass is 32.1. The van der Waals surface area contributed by atoms with E-state index in [1.807, 2.05) is 47.7 Å². The Hall–Kier alpha value is -7.01. The number of aromatic nitrogens is 3. The van der Waals surface area contributed by atoms with Crippen LogP contribution in [0.4, 0.5) is 0 Å². The van der Waals surface area contributed by atoms with Gasteiger partial charge in [-0.05, 0) is 56.6 Å². The van der Waals surface area contributed by atoms with Gasteiger partial charge in [0, 0.05) is 36.9 Å².